The van der Waals surface area contributed by atoms with E-state index in [-0.39, 0.29) is 0 Å². The van der Waals surface area contributed by atoms with Gasteiger partial charge in [0.15, 0.2) is 0 Å². The van der Waals surface area contributed by atoms with Crippen LogP contribution >= 0.6 is 15.9 Å². The van der Waals surface area contributed by atoms with Crippen LogP contribution in [0.25, 0.3) is 0 Å². The van der Waals surface area contributed by atoms with Crippen LogP contribution in [-0.2, 0) is 6.42 Å². The number of aromatic nitrogens is 2. The molecular weight excluding hydrogens is 230 g/mol. The highest BCUT2D eigenvalue weighted by Crippen LogP contribution is 2.38. The lowest BCUT2D eigenvalue weighted by atomic mass is 10.2. The fourth-order valence-electron chi connectivity index (χ4n) is 1.26. The van der Waals surface area contributed by atoms with Crippen molar-refractivity contribution in [2.24, 2.45) is 5.73 Å². The lowest BCUT2D eigenvalue weighted by Crippen LogP contribution is -2.05. The third-order valence-electron chi connectivity index (χ3n) is 2.19. The second-order valence-electron chi connectivity index (χ2n) is 3.36. The molecule has 0 aromatic carbocycles. The van der Waals surface area contributed by atoms with Gasteiger partial charge < -0.3 is 5.73 Å². The molecule has 13 heavy (non-hydrogen) atoms. The summed E-state index contributed by atoms with van der Waals surface area (Å²) >= 11 is 3.44. The van der Waals surface area contributed by atoms with Gasteiger partial charge in [0, 0.05) is 17.7 Å². The van der Waals surface area contributed by atoms with Crippen LogP contribution in [0.4, 0.5) is 0 Å². The fraction of sp³-hybridized carbons (Fsp3) is 0.556. The Morgan fingerprint density at radius 1 is 1.54 bits per heavy atom. The molecule has 3 nitrogen and oxygen atoms in total. The van der Waals surface area contributed by atoms with Gasteiger partial charge in [-0.15, -0.1) is 0 Å². The molecule has 2 rings (SSSR count). The minimum Gasteiger partial charge on any atom is -0.330 e. The predicted octanol–water partition coefficient (Wildman–Crippen LogP) is 1.62. The molecule has 1 aliphatic rings. The average Bonchev–Trinajstić information content (AvgIpc) is 2.91. The van der Waals surface area contributed by atoms with Crippen molar-refractivity contribution in [3.05, 3.63) is 22.2 Å². The number of hydrogen-bond acceptors (Lipinski definition) is 3. The van der Waals surface area contributed by atoms with Crippen molar-refractivity contribution in [3.63, 3.8) is 0 Å². The van der Waals surface area contributed by atoms with Gasteiger partial charge >= 0.3 is 0 Å². The molecule has 1 aromatic rings. The number of rotatable bonds is 3. The maximum Gasteiger partial charge on any atom is 0.132 e. The van der Waals surface area contributed by atoms with Crippen LogP contribution in [0.5, 0.6) is 0 Å². The van der Waals surface area contributed by atoms with Gasteiger partial charge in [-0.3, -0.25) is 0 Å². The van der Waals surface area contributed by atoms with Crippen LogP contribution in [0.3, 0.4) is 0 Å². The quantitative estimate of drug-likeness (QED) is 0.819. The molecule has 1 heterocycles. The van der Waals surface area contributed by atoms with E-state index in [9.17, 15) is 0 Å². The van der Waals surface area contributed by atoms with Crippen LogP contribution in [0.1, 0.15) is 30.1 Å². The molecule has 0 unspecified atom stereocenters. The van der Waals surface area contributed by atoms with Crippen LogP contribution in [0.2, 0.25) is 0 Å². The van der Waals surface area contributed by atoms with E-state index in [1.165, 1.54) is 12.8 Å². The number of halogens is 1. The monoisotopic (exact) mass is 241 g/mol. The first-order chi connectivity index (χ1) is 6.31. The molecule has 1 fully saturated rings. The Bertz CT molecular complexity index is 310. The molecule has 0 radical (unpaired) electrons. The highest BCUT2D eigenvalue weighted by atomic mass is 79.9. The molecule has 1 aliphatic carbocycles. The Hall–Kier alpha value is -0.480. The number of nitrogens with zero attached hydrogens (tertiary/aromatic N) is 2. The largest absolute Gasteiger partial charge is 0.330 e. The molecule has 4 heteroatoms. The molecule has 1 saturated carbocycles. The van der Waals surface area contributed by atoms with Crippen molar-refractivity contribution in [2.75, 3.05) is 6.54 Å². The lowest BCUT2D eigenvalue weighted by molar-refractivity contribution is 0.867. The van der Waals surface area contributed by atoms with Gasteiger partial charge in [0.05, 0.1) is 0 Å². The highest BCUT2D eigenvalue weighted by Gasteiger charge is 2.26. The highest BCUT2D eigenvalue weighted by molar-refractivity contribution is 9.10. The summed E-state index contributed by atoms with van der Waals surface area (Å²) < 4.78 is 0.912. The molecule has 2 N–H and O–H groups in total. The van der Waals surface area contributed by atoms with Gasteiger partial charge in [-0.2, -0.15) is 0 Å². The average molecular weight is 242 g/mol. The zero-order valence-electron chi connectivity index (χ0n) is 7.33. The van der Waals surface area contributed by atoms with Gasteiger partial charge in [0.25, 0.3) is 0 Å². The summed E-state index contributed by atoms with van der Waals surface area (Å²) in [4.78, 5) is 8.73. The first-order valence-corrected chi connectivity index (χ1v) is 5.32. The van der Waals surface area contributed by atoms with E-state index in [1.54, 1.807) is 0 Å². The first kappa shape index (κ1) is 9.09. The minimum atomic E-state index is 0.614. The summed E-state index contributed by atoms with van der Waals surface area (Å²) in [5, 5.41) is 0. The number of nitrogens with two attached hydrogens (primary N) is 1. The molecule has 0 aliphatic heterocycles. The summed E-state index contributed by atoms with van der Waals surface area (Å²) in [6.45, 7) is 0.644. The van der Waals surface area contributed by atoms with Gasteiger partial charge in [-0.1, -0.05) is 0 Å². The summed E-state index contributed by atoms with van der Waals surface area (Å²) in [6.07, 6.45) is 5.20. The van der Waals surface area contributed by atoms with Gasteiger partial charge in [-0.25, -0.2) is 9.97 Å². The Labute approximate surface area is 85.9 Å². The third-order valence-corrected chi connectivity index (χ3v) is 2.87. The van der Waals surface area contributed by atoms with Crippen molar-refractivity contribution in [2.45, 2.75) is 25.2 Å². The summed E-state index contributed by atoms with van der Waals surface area (Å²) in [7, 11) is 0. The van der Waals surface area contributed by atoms with Gasteiger partial charge in [0.1, 0.15) is 10.4 Å². The minimum absolute atomic E-state index is 0.614. The van der Waals surface area contributed by atoms with E-state index in [1.807, 2.05) is 6.20 Å². The third kappa shape index (κ3) is 2.06. The molecule has 0 atom stereocenters. The number of hydrogen-bond donors (Lipinski definition) is 1. The predicted molar refractivity (Wildman–Crippen MR) is 54.5 cm³/mol. The van der Waals surface area contributed by atoms with Crippen molar-refractivity contribution in [1.82, 2.24) is 9.97 Å². The molecule has 0 bridgehead atoms. The second-order valence-corrected chi connectivity index (χ2v) is 4.11. The van der Waals surface area contributed by atoms with Gasteiger partial charge in [-0.05, 0) is 41.7 Å². The normalized spacial score (nSPS) is 16.2. The smallest absolute Gasteiger partial charge is 0.132 e. The fourth-order valence-corrected chi connectivity index (χ4v) is 1.74. The van der Waals surface area contributed by atoms with E-state index in [2.05, 4.69) is 25.9 Å². The molecule has 0 spiro atoms. The Balaban J connectivity index is 2.21. The maximum absolute atomic E-state index is 5.46. The standard InChI is InChI=1S/C9H12BrN3/c10-8-7(3-4-11)5-12-9(13-8)6-1-2-6/h5-6H,1-4,11H2. The second kappa shape index (κ2) is 3.72. The lowest BCUT2D eigenvalue weighted by Gasteiger charge is -2.03. The van der Waals surface area contributed by atoms with E-state index in [0.29, 0.717) is 12.5 Å². The van der Waals surface area contributed by atoms with Crippen LogP contribution in [-0.4, -0.2) is 16.5 Å². The van der Waals surface area contributed by atoms with Crippen molar-refractivity contribution < 1.29 is 0 Å². The van der Waals surface area contributed by atoms with E-state index < -0.39 is 0 Å². The molecule has 1 aromatic heterocycles. The summed E-state index contributed by atoms with van der Waals surface area (Å²) in [5.74, 6) is 1.59. The Morgan fingerprint density at radius 3 is 2.85 bits per heavy atom. The molecule has 0 amide bonds. The van der Waals surface area contributed by atoms with Crippen LogP contribution in [0.15, 0.2) is 10.8 Å². The summed E-state index contributed by atoms with van der Waals surface area (Å²) in [6, 6.07) is 0. The Kier molecular flexibility index (Phi) is 2.60. The maximum atomic E-state index is 5.46. The summed E-state index contributed by atoms with van der Waals surface area (Å²) in [5.41, 5.74) is 6.57. The first-order valence-electron chi connectivity index (χ1n) is 4.52. The van der Waals surface area contributed by atoms with E-state index in [4.69, 9.17) is 5.73 Å². The van der Waals surface area contributed by atoms with Crippen molar-refractivity contribution in [3.8, 4) is 0 Å². The molecule has 0 saturated heterocycles. The van der Waals surface area contributed by atoms with Crippen LogP contribution < -0.4 is 5.73 Å². The van der Waals surface area contributed by atoms with E-state index >= 15 is 0 Å². The Morgan fingerprint density at radius 2 is 2.31 bits per heavy atom. The zero-order valence-corrected chi connectivity index (χ0v) is 8.92. The topological polar surface area (TPSA) is 51.8 Å². The van der Waals surface area contributed by atoms with Crippen molar-refractivity contribution >= 4 is 15.9 Å². The SMILES string of the molecule is NCCc1cnc(C2CC2)nc1Br. The van der Waals surface area contributed by atoms with Gasteiger partial charge in [0.2, 0.25) is 0 Å². The van der Waals surface area contributed by atoms with Crippen LogP contribution in [0, 0.1) is 0 Å². The molecular formula is C9H12BrN3. The van der Waals surface area contributed by atoms with Crippen molar-refractivity contribution in [1.29, 1.82) is 0 Å². The zero-order chi connectivity index (χ0) is 9.26. The van der Waals surface area contributed by atoms with E-state index in [0.717, 1.165) is 22.4 Å². The molecule has 70 valence electrons.